The molecule has 0 aliphatic carbocycles. The van der Waals surface area contributed by atoms with Crippen LogP contribution in [-0.2, 0) is 4.74 Å². The van der Waals surface area contributed by atoms with Crippen LogP contribution in [0.15, 0.2) is 0 Å². The van der Waals surface area contributed by atoms with Crippen molar-refractivity contribution in [2.75, 3.05) is 79.7 Å². The van der Waals surface area contributed by atoms with Gasteiger partial charge in [0.15, 0.2) is 0 Å². The Labute approximate surface area is 214 Å². The van der Waals surface area contributed by atoms with E-state index in [9.17, 15) is 0 Å². The molecule has 2 unspecified atom stereocenters. The van der Waals surface area contributed by atoms with Gasteiger partial charge < -0.3 is 28.2 Å². The highest BCUT2D eigenvalue weighted by molar-refractivity contribution is 6.45. The molecule has 2 atom stereocenters. The van der Waals surface area contributed by atoms with E-state index in [0.29, 0.717) is 0 Å². The van der Waals surface area contributed by atoms with Gasteiger partial charge in [-0.15, -0.1) is 0 Å². The van der Waals surface area contributed by atoms with E-state index in [0.717, 1.165) is 25.3 Å². The van der Waals surface area contributed by atoms with Crippen LogP contribution in [-0.4, -0.2) is 175 Å². The molecule has 12 heteroatoms. The zero-order chi connectivity index (χ0) is 23.1. The molecule has 3 saturated heterocycles. The van der Waals surface area contributed by atoms with E-state index in [1.807, 2.05) is 0 Å². The van der Waals surface area contributed by atoms with E-state index in [-0.39, 0.29) is 33.3 Å². The fourth-order valence-corrected chi connectivity index (χ4v) is 14.5. The summed E-state index contributed by atoms with van der Waals surface area (Å²) in [5.41, 5.74) is 4.67. The maximum Gasteiger partial charge on any atom is 0.0924 e. The highest BCUT2D eigenvalue weighted by atomic mass is 28.3. The molecule has 3 aliphatic rings. The average molecular weight is 544 g/mol. The standard InChI is InChI=1S/C8H22N2Si2.C6H18N2Si2.C5H15NOSi2.3H2/c1-7-4-9(3)5-8(2)10(7)12-6-11;1-7-2-4-8(5-3-7)10-6-9;8-5-9-6-1-3-7-4-2-6;;;/h7-8H,4-6,12H2,1-3,11H3;2-6,10H2,1,9H3;1-5,9H2,8H3;3*1H. The highest BCUT2D eigenvalue weighted by Crippen LogP contribution is 2.12. The van der Waals surface area contributed by atoms with Crippen LogP contribution in [0.3, 0.4) is 0 Å². The second-order valence-corrected chi connectivity index (χ2v) is 25.6. The number of likely N-dealkylation sites (N-methyl/N-ethyl adjacent to an activating group) is 2. The first-order valence-electron chi connectivity index (χ1n) is 13.1. The van der Waals surface area contributed by atoms with Crippen LogP contribution in [0.1, 0.15) is 18.1 Å². The molecule has 0 N–H and O–H groups in total. The molecule has 0 radical (unpaired) electrons. The normalized spacial score (nSPS) is 28.6. The largest absolute Gasteiger partial charge is 0.379 e. The highest BCUT2D eigenvalue weighted by Gasteiger charge is 2.26. The van der Waals surface area contributed by atoms with Gasteiger partial charge in [-0.2, -0.15) is 0 Å². The summed E-state index contributed by atoms with van der Waals surface area (Å²) >= 11 is 0. The minimum atomic E-state index is 0. The first-order valence-corrected chi connectivity index (χ1v) is 22.2. The van der Waals surface area contributed by atoms with Crippen molar-refractivity contribution >= 4 is 59.8 Å². The maximum atomic E-state index is 5.24. The number of piperazine rings is 2. The van der Waals surface area contributed by atoms with Crippen molar-refractivity contribution in [3.8, 4) is 0 Å². The maximum absolute atomic E-state index is 5.24. The Bertz CT molecular complexity index is 430. The van der Waals surface area contributed by atoms with Crippen molar-refractivity contribution in [3.05, 3.63) is 0 Å². The molecule has 0 aromatic carbocycles. The molecule has 3 rings (SSSR count). The molecule has 3 fully saturated rings. The predicted octanol–water partition coefficient (Wildman–Crippen LogP) is -4.22. The van der Waals surface area contributed by atoms with Gasteiger partial charge in [0.2, 0.25) is 0 Å². The molecule has 0 aromatic rings. The Balaban J connectivity index is -0.000000410. The number of hydrogen-bond acceptors (Lipinski definition) is 6. The van der Waals surface area contributed by atoms with E-state index in [4.69, 9.17) is 4.74 Å². The van der Waals surface area contributed by atoms with E-state index in [2.05, 4.69) is 51.4 Å². The van der Waals surface area contributed by atoms with Crippen molar-refractivity contribution in [1.82, 2.24) is 23.5 Å². The van der Waals surface area contributed by atoms with Crippen LogP contribution >= 0.6 is 0 Å². The lowest BCUT2D eigenvalue weighted by molar-refractivity contribution is 0.0725. The predicted molar refractivity (Wildman–Crippen MR) is 166 cm³/mol. The number of nitrogens with zero attached hydrogens (tertiary/aromatic N) is 5. The summed E-state index contributed by atoms with van der Waals surface area (Å²) in [5.74, 6) is 0. The monoisotopic (exact) mass is 543 g/mol. The van der Waals surface area contributed by atoms with Crippen molar-refractivity contribution in [3.63, 3.8) is 0 Å². The molecule has 0 saturated carbocycles. The number of hydrogen-bond donors (Lipinski definition) is 0. The first kappa shape index (κ1) is 30.1. The fourth-order valence-electron chi connectivity index (χ4n) is 4.85. The van der Waals surface area contributed by atoms with Gasteiger partial charge in [-0.1, -0.05) is 17.0 Å². The Kier molecular flexibility index (Phi) is 17.9. The minimum absolute atomic E-state index is 0. The zero-order valence-electron chi connectivity index (χ0n) is 22.1. The van der Waals surface area contributed by atoms with E-state index in [1.165, 1.54) is 83.1 Å². The Morgan fingerprint density at radius 2 is 1.16 bits per heavy atom. The van der Waals surface area contributed by atoms with Crippen LogP contribution in [0, 0.1) is 0 Å². The summed E-state index contributed by atoms with van der Waals surface area (Å²) in [6.45, 7) is 17.0. The molecule has 0 spiro atoms. The minimum Gasteiger partial charge on any atom is -0.379 e. The Morgan fingerprint density at radius 3 is 1.61 bits per heavy atom. The molecule has 3 heterocycles. The third kappa shape index (κ3) is 13.5. The molecule has 31 heavy (non-hydrogen) atoms. The van der Waals surface area contributed by atoms with E-state index < -0.39 is 0 Å². The average Bonchev–Trinajstić information content (AvgIpc) is 2.75. The van der Waals surface area contributed by atoms with Gasteiger partial charge in [-0.05, 0) is 27.9 Å². The molecular weight excluding hydrogens is 483 g/mol. The van der Waals surface area contributed by atoms with Gasteiger partial charge in [-0.25, -0.2) is 0 Å². The van der Waals surface area contributed by atoms with Gasteiger partial charge in [0, 0.05) is 99.4 Å². The lowest BCUT2D eigenvalue weighted by Gasteiger charge is -2.43. The van der Waals surface area contributed by atoms with Gasteiger partial charge in [-0.3, -0.25) is 0 Å². The fraction of sp³-hybridized carbons (Fsp3) is 1.00. The molecule has 3 aliphatic heterocycles. The lowest BCUT2D eigenvalue weighted by Crippen LogP contribution is -2.56. The van der Waals surface area contributed by atoms with Crippen molar-refractivity contribution < 1.29 is 9.02 Å². The summed E-state index contributed by atoms with van der Waals surface area (Å²) < 4.78 is 13.4. The second-order valence-electron chi connectivity index (χ2n) is 9.76. The SMILES string of the molecule is CC1CN(C)CC(C)N1[SiH2]C[SiH3].CN1CCN([SiH2]C[SiH3])CC1.[HH].[HH].[HH].[SiH3]C[SiH2]N1CCOCC1. The van der Waals surface area contributed by atoms with Gasteiger partial charge >= 0.3 is 0 Å². The Hall–Kier alpha value is 1.06. The molecular formula is C19H61N5OSi6. The van der Waals surface area contributed by atoms with Gasteiger partial charge in [0.1, 0.15) is 0 Å². The quantitative estimate of drug-likeness (QED) is 0.315. The molecule has 6 nitrogen and oxygen atoms in total. The van der Waals surface area contributed by atoms with Crippen molar-refractivity contribution in [2.45, 2.75) is 42.9 Å². The van der Waals surface area contributed by atoms with Crippen molar-refractivity contribution in [2.24, 2.45) is 0 Å². The Morgan fingerprint density at radius 1 is 0.710 bits per heavy atom. The van der Waals surface area contributed by atoms with Crippen molar-refractivity contribution in [1.29, 1.82) is 0 Å². The number of rotatable bonds is 6. The summed E-state index contributed by atoms with van der Waals surface area (Å²) in [6, 6.07) is 1.64. The summed E-state index contributed by atoms with van der Waals surface area (Å²) in [4.78, 5) is 4.89. The third-order valence-electron chi connectivity index (χ3n) is 6.55. The van der Waals surface area contributed by atoms with Crippen LogP contribution in [0.4, 0.5) is 0 Å². The van der Waals surface area contributed by atoms with Crippen LogP contribution in [0.2, 0.25) is 17.0 Å². The molecule has 0 bridgehead atoms. The molecule has 0 amide bonds. The number of morpholine rings is 1. The summed E-state index contributed by atoms with van der Waals surface area (Å²) in [7, 11) is 9.24. The second kappa shape index (κ2) is 18.4. The third-order valence-corrected chi connectivity index (χ3v) is 16.2. The van der Waals surface area contributed by atoms with Crippen LogP contribution in [0.5, 0.6) is 0 Å². The summed E-state index contributed by atoms with van der Waals surface area (Å²) in [5, 5.41) is 0. The van der Waals surface area contributed by atoms with Crippen LogP contribution in [0.25, 0.3) is 0 Å². The van der Waals surface area contributed by atoms with Gasteiger partial charge in [0.05, 0.1) is 42.3 Å². The van der Waals surface area contributed by atoms with E-state index >= 15 is 0 Å². The number of ether oxygens (including phenoxy) is 1. The topological polar surface area (TPSA) is 25.4 Å². The summed E-state index contributed by atoms with van der Waals surface area (Å²) in [6.07, 6.45) is 0. The first-order chi connectivity index (χ1) is 14.9. The van der Waals surface area contributed by atoms with Gasteiger partial charge in [0.25, 0.3) is 0 Å². The zero-order valence-corrected chi connectivity index (χ0v) is 32.4. The van der Waals surface area contributed by atoms with Crippen LogP contribution < -0.4 is 0 Å². The lowest BCUT2D eigenvalue weighted by atomic mass is 10.2. The molecule has 0 aromatic heterocycles. The molecule has 192 valence electrons. The smallest absolute Gasteiger partial charge is 0.0924 e. The van der Waals surface area contributed by atoms with E-state index in [1.54, 1.807) is 17.0 Å².